The van der Waals surface area contributed by atoms with Crippen LogP contribution >= 0.6 is 0 Å². The number of rotatable bonds is 6. The Hall–Kier alpha value is -3.56. The fraction of sp³-hybridized carbons (Fsp3) is 0.241. The fourth-order valence-corrected chi connectivity index (χ4v) is 3.24. The van der Waals surface area contributed by atoms with Gasteiger partial charge in [-0.15, -0.1) is 0 Å². The van der Waals surface area contributed by atoms with Crippen molar-refractivity contribution < 1.29 is 13.5 Å². The first kappa shape index (κ1) is 23.1. The molecular formula is C29H26F2O. The Bertz CT molecular complexity index is 1130. The highest BCUT2D eigenvalue weighted by molar-refractivity contribution is 5.49. The van der Waals surface area contributed by atoms with Gasteiger partial charge in [-0.25, -0.2) is 8.78 Å². The lowest BCUT2D eigenvalue weighted by Gasteiger charge is -2.04. The second kappa shape index (κ2) is 11.7. The molecule has 0 fully saturated rings. The first-order chi connectivity index (χ1) is 15.6. The van der Waals surface area contributed by atoms with E-state index in [0.29, 0.717) is 17.5 Å². The van der Waals surface area contributed by atoms with Crippen LogP contribution in [0, 0.1) is 35.3 Å². The normalized spacial score (nSPS) is 10.0. The Kier molecular flexibility index (Phi) is 8.47. The van der Waals surface area contributed by atoms with Gasteiger partial charge in [0.15, 0.2) is 0 Å². The average Bonchev–Trinajstić information content (AvgIpc) is 2.81. The third-order valence-electron chi connectivity index (χ3n) is 5.08. The molecule has 0 atom stereocenters. The van der Waals surface area contributed by atoms with Crippen molar-refractivity contribution >= 4 is 0 Å². The van der Waals surface area contributed by atoms with Crippen LogP contribution in [-0.4, -0.2) is 7.11 Å². The van der Waals surface area contributed by atoms with Crippen molar-refractivity contribution in [2.45, 2.75) is 39.0 Å². The summed E-state index contributed by atoms with van der Waals surface area (Å²) in [5.74, 6) is 11.2. The zero-order valence-electron chi connectivity index (χ0n) is 18.5. The molecule has 0 unspecified atom stereocenters. The van der Waals surface area contributed by atoms with E-state index in [0.717, 1.165) is 42.6 Å². The Morgan fingerprint density at radius 2 is 1.19 bits per heavy atom. The molecule has 0 radical (unpaired) electrons. The van der Waals surface area contributed by atoms with E-state index in [-0.39, 0.29) is 5.56 Å². The number of methoxy groups -OCH3 is 1. The number of unbranched alkanes of at least 4 members (excludes halogenated alkanes) is 3. The molecular weight excluding hydrogens is 402 g/mol. The van der Waals surface area contributed by atoms with Gasteiger partial charge >= 0.3 is 0 Å². The van der Waals surface area contributed by atoms with Gasteiger partial charge in [-0.05, 0) is 79.1 Å². The number of hydrogen-bond donors (Lipinski definition) is 0. The Balaban J connectivity index is 1.67. The molecule has 162 valence electrons. The number of halogens is 2. The molecule has 0 saturated carbocycles. The summed E-state index contributed by atoms with van der Waals surface area (Å²) in [6.07, 6.45) is 4.96. The van der Waals surface area contributed by atoms with Gasteiger partial charge in [0.2, 0.25) is 0 Å². The molecule has 3 aromatic carbocycles. The lowest BCUT2D eigenvalue weighted by Crippen LogP contribution is -1.95. The minimum Gasteiger partial charge on any atom is -0.497 e. The summed E-state index contributed by atoms with van der Waals surface area (Å²) in [6.45, 7) is 2.14. The minimum atomic E-state index is -0.607. The van der Waals surface area contributed by atoms with Crippen molar-refractivity contribution in [3.05, 3.63) is 100 Å². The first-order valence-electron chi connectivity index (χ1n) is 10.8. The fourth-order valence-electron chi connectivity index (χ4n) is 3.24. The summed E-state index contributed by atoms with van der Waals surface area (Å²) in [5, 5.41) is 0. The Labute approximate surface area is 189 Å². The predicted molar refractivity (Wildman–Crippen MR) is 126 cm³/mol. The van der Waals surface area contributed by atoms with E-state index in [9.17, 15) is 8.78 Å². The van der Waals surface area contributed by atoms with Gasteiger partial charge < -0.3 is 4.74 Å². The van der Waals surface area contributed by atoms with Crippen LogP contribution in [-0.2, 0) is 6.42 Å². The molecule has 1 nitrogen and oxygen atoms in total. The van der Waals surface area contributed by atoms with Crippen molar-refractivity contribution in [1.82, 2.24) is 0 Å². The second-order valence-electron chi connectivity index (χ2n) is 7.55. The van der Waals surface area contributed by atoms with E-state index >= 15 is 0 Å². The topological polar surface area (TPSA) is 9.23 Å². The zero-order chi connectivity index (χ0) is 22.8. The highest BCUT2D eigenvalue weighted by Crippen LogP contribution is 2.17. The molecule has 32 heavy (non-hydrogen) atoms. The minimum absolute atomic E-state index is 0.189. The van der Waals surface area contributed by atoms with E-state index in [1.54, 1.807) is 19.2 Å². The summed E-state index contributed by atoms with van der Waals surface area (Å²) in [5.41, 5.74) is 2.88. The maximum absolute atomic E-state index is 14.4. The maximum Gasteiger partial charge on any atom is 0.142 e. The third-order valence-corrected chi connectivity index (χ3v) is 5.08. The molecule has 3 aromatic rings. The molecule has 0 aliphatic carbocycles. The van der Waals surface area contributed by atoms with Gasteiger partial charge in [0.1, 0.15) is 17.4 Å². The van der Waals surface area contributed by atoms with Crippen molar-refractivity contribution in [1.29, 1.82) is 0 Å². The second-order valence-corrected chi connectivity index (χ2v) is 7.55. The van der Waals surface area contributed by atoms with E-state index in [4.69, 9.17) is 4.74 Å². The van der Waals surface area contributed by atoms with Crippen LogP contribution in [0.5, 0.6) is 5.75 Å². The van der Waals surface area contributed by atoms with Crippen LogP contribution in [0.1, 0.15) is 60.4 Å². The average molecular weight is 429 g/mol. The SMILES string of the molecule is CCCCCCc1cc(F)c(C#Cc2ccc(C#Cc3ccc(OC)cc3)cc2)c(F)c1. The number of hydrogen-bond acceptors (Lipinski definition) is 1. The van der Waals surface area contributed by atoms with Crippen molar-refractivity contribution in [2.75, 3.05) is 7.11 Å². The van der Waals surface area contributed by atoms with Crippen LogP contribution in [0.3, 0.4) is 0 Å². The van der Waals surface area contributed by atoms with Gasteiger partial charge in [-0.1, -0.05) is 49.9 Å². The van der Waals surface area contributed by atoms with Gasteiger partial charge in [-0.2, -0.15) is 0 Å². The monoisotopic (exact) mass is 428 g/mol. The first-order valence-corrected chi connectivity index (χ1v) is 10.8. The maximum atomic E-state index is 14.4. The molecule has 3 rings (SSSR count). The summed E-state index contributed by atoms with van der Waals surface area (Å²) in [6, 6.07) is 17.6. The van der Waals surface area contributed by atoms with Gasteiger partial charge in [-0.3, -0.25) is 0 Å². The van der Waals surface area contributed by atoms with Crippen molar-refractivity contribution in [3.8, 4) is 29.4 Å². The number of benzene rings is 3. The van der Waals surface area contributed by atoms with Crippen LogP contribution < -0.4 is 4.74 Å². The highest BCUT2D eigenvalue weighted by atomic mass is 19.1. The molecule has 0 spiro atoms. The molecule has 0 N–H and O–H groups in total. The smallest absolute Gasteiger partial charge is 0.142 e. The van der Waals surface area contributed by atoms with Crippen molar-refractivity contribution in [2.24, 2.45) is 0 Å². The summed E-state index contributed by atoms with van der Waals surface area (Å²) in [7, 11) is 1.62. The molecule has 0 aliphatic heterocycles. The Morgan fingerprint density at radius 1 is 0.688 bits per heavy atom. The highest BCUT2D eigenvalue weighted by Gasteiger charge is 2.09. The molecule has 3 heteroatoms. The summed E-state index contributed by atoms with van der Waals surface area (Å²) >= 11 is 0. The van der Waals surface area contributed by atoms with Crippen LogP contribution in [0.2, 0.25) is 0 Å². The molecule has 0 bridgehead atoms. The van der Waals surface area contributed by atoms with Gasteiger partial charge in [0, 0.05) is 16.7 Å². The van der Waals surface area contributed by atoms with E-state index in [2.05, 4.69) is 30.6 Å². The van der Waals surface area contributed by atoms with Gasteiger partial charge in [0.05, 0.1) is 12.7 Å². The van der Waals surface area contributed by atoms with Gasteiger partial charge in [0.25, 0.3) is 0 Å². The molecule has 0 aliphatic rings. The van der Waals surface area contributed by atoms with Crippen LogP contribution in [0.15, 0.2) is 60.7 Å². The van der Waals surface area contributed by atoms with E-state index < -0.39 is 11.6 Å². The van der Waals surface area contributed by atoms with E-state index in [1.165, 1.54) is 12.1 Å². The lowest BCUT2D eigenvalue weighted by atomic mass is 10.0. The van der Waals surface area contributed by atoms with Crippen molar-refractivity contribution in [3.63, 3.8) is 0 Å². The zero-order valence-corrected chi connectivity index (χ0v) is 18.5. The largest absolute Gasteiger partial charge is 0.497 e. The molecule has 0 saturated heterocycles. The summed E-state index contributed by atoms with van der Waals surface area (Å²) in [4.78, 5) is 0. The Morgan fingerprint density at radius 3 is 1.69 bits per heavy atom. The summed E-state index contributed by atoms with van der Waals surface area (Å²) < 4.78 is 33.9. The molecule has 0 aromatic heterocycles. The lowest BCUT2D eigenvalue weighted by molar-refractivity contribution is 0.415. The van der Waals surface area contributed by atoms with E-state index in [1.807, 2.05) is 36.4 Å². The quantitative estimate of drug-likeness (QED) is 0.307. The molecule has 0 heterocycles. The van der Waals surface area contributed by atoms with Crippen LogP contribution in [0.25, 0.3) is 0 Å². The predicted octanol–water partition coefficient (Wildman–Crippen LogP) is 6.90. The standard InChI is InChI=1S/C29H26F2O/c1-3-4-5-6-7-25-20-28(30)27(29(31)21-25)19-16-23-11-8-22(9-12-23)10-13-24-14-17-26(32-2)18-15-24/h8-9,11-12,14-15,17-18,20-21H,3-7H2,1-2H3. The van der Waals surface area contributed by atoms with Crippen LogP contribution in [0.4, 0.5) is 8.78 Å². The molecule has 0 amide bonds. The number of ether oxygens (including phenoxy) is 1. The number of aryl methyl sites for hydroxylation is 1. The third kappa shape index (κ3) is 6.73.